The molecule has 0 saturated carbocycles. The van der Waals surface area contributed by atoms with Gasteiger partial charge in [0, 0.05) is 6.42 Å². The molecule has 1 atom stereocenters. The fourth-order valence-electron chi connectivity index (χ4n) is 2.31. The summed E-state index contributed by atoms with van der Waals surface area (Å²) >= 11 is 0. The number of rotatable bonds is 2. The molecule has 1 unspecified atom stereocenters. The van der Waals surface area contributed by atoms with Gasteiger partial charge in [-0.1, -0.05) is 24.3 Å². The first-order chi connectivity index (χ1) is 6.76. The van der Waals surface area contributed by atoms with Crippen LogP contribution in [0.25, 0.3) is 0 Å². The zero-order valence-corrected chi connectivity index (χ0v) is 8.17. The fraction of sp³-hybridized carbons (Fsp3) is 0.500. The lowest BCUT2D eigenvalue weighted by atomic mass is 9.77. The zero-order valence-electron chi connectivity index (χ0n) is 8.17. The van der Waals surface area contributed by atoms with Gasteiger partial charge in [0.05, 0.1) is 12.3 Å². The Morgan fingerprint density at radius 3 is 2.93 bits per heavy atom. The van der Waals surface area contributed by atoms with Crippen molar-refractivity contribution in [1.82, 2.24) is 0 Å². The quantitative estimate of drug-likeness (QED) is 0.767. The summed E-state index contributed by atoms with van der Waals surface area (Å²) in [5.41, 5.74) is 1.20. The second-order valence-electron chi connectivity index (χ2n) is 3.98. The molecule has 2 rings (SSSR count). The van der Waals surface area contributed by atoms with Gasteiger partial charge in [0.15, 0.2) is 0 Å². The number of alkyl halides is 1. The van der Waals surface area contributed by atoms with Crippen molar-refractivity contribution < 1.29 is 9.50 Å². The molecule has 1 aromatic carbocycles. The maximum atomic E-state index is 12.4. The number of aryl methyl sites for hydroxylation is 1. The van der Waals surface area contributed by atoms with Gasteiger partial charge in [-0.05, 0) is 30.4 Å². The van der Waals surface area contributed by atoms with E-state index in [4.69, 9.17) is 0 Å². The summed E-state index contributed by atoms with van der Waals surface area (Å²) < 4.78 is 12.4. The van der Waals surface area contributed by atoms with Gasteiger partial charge >= 0.3 is 0 Å². The number of aliphatic hydroxyl groups is 1. The Balaban J connectivity index is 2.39. The van der Waals surface area contributed by atoms with Crippen molar-refractivity contribution in [3.05, 3.63) is 35.4 Å². The number of hydrogen-bond acceptors (Lipinski definition) is 1. The van der Waals surface area contributed by atoms with Crippen LogP contribution in [0, 0.1) is 0 Å². The van der Waals surface area contributed by atoms with Crippen LogP contribution in [-0.4, -0.2) is 11.8 Å². The molecule has 0 aromatic heterocycles. The van der Waals surface area contributed by atoms with Crippen LogP contribution >= 0.6 is 0 Å². The predicted octanol–water partition coefficient (Wildman–Crippen LogP) is 2.57. The minimum Gasteiger partial charge on any atom is -0.385 e. The van der Waals surface area contributed by atoms with Gasteiger partial charge < -0.3 is 5.11 Å². The van der Waals surface area contributed by atoms with Gasteiger partial charge in [0.25, 0.3) is 0 Å². The van der Waals surface area contributed by atoms with E-state index in [-0.39, 0.29) is 6.42 Å². The standard InChI is InChI=1S/C12H15FO/c13-9-8-12(14)7-3-5-10-4-1-2-6-11(10)12/h1-2,4,6,14H,3,5,7-9H2. The molecule has 1 aliphatic rings. The molecular weight excluding hydrogens is 179 g/mol. The highest BCUT2D eigenvalue weighted by Crippen LogP contribution is 2.37. The molecule has 76 valence electrons. The van der Waals surface area contributed by atoms with E-state index in [2.05, 4.69) is 0 Å². The van der Waals surface area contributed by atoms with Gasteiger partial charge in [0.2, 0.25) is 0 Å². The van der Waals surface area contributed by atoms with Crippen LogP contribution in [0.15, 0.2) is 24.3 Å². The molecule has 0 aliphatic heterocycles. The topological polar surface area (TPSA) is 20.2 Å². The van der Waals surface area contributed by atoms with Crippen LogP contribution < -0.4 is 0 Å². The molecule has 1 nitrogen and oxygen atoms in total. The Kier molecular flexibility index (Phi) is 2.55. The fourth-order valence-corrected chi connectivity index (χ4v) is 2.31. The number of hydrogen-bond donors (Lipinski definition) is 1. The molecule has 1 aliphatic carbocycles. The minimum atomic E-state index is -0.913. The van der Waals surface area contributed by atoms with Crippen LogP contribution in [0.4, 0.5) is 4.39 Å². The Morgan fingerprint density at radius 1 is 1.36 bits per heavy atom. The predicted molar refractivity (Wildman–Crippen MR) is 53.9 cm³/mol. The lowest BCUT2D eigenvalue weighted by Gasteiger charge is -2.33. The van der Waals surface area contributed by atoms with Crippen molar-refractivity contribution in [3.8, 4) is 0 Å². The molecule has 14 heavy (non-hydrogen) atoms. The second-order valence-corrected chi connectivity index (χ2v) is 3.98. The van der Waals surface area contributed by atoms with E-state index in [0.717, 1.165) is 18.4 Å². The first kappa shape index (κ1) is 9.66. The normalized spacial score (nSPS) is 25.9. The molecule has 0 radical (unpaired) electrons. The Bertz CT molecular complexity index is 324. The summed E-state index contributed by atoms with van der Waals surface area (Å²) in [5.74, 6) is 0. The molecule has 0 bridgehead atoms. The lowest BCUT2D eigenvalue weighted by molar-refractivity contribution is 0.00442. The highest BCUT2D eigenvalue weighted by Gasteiger charge is 2.33. The van der Waals surface area contributed by atoms with Crippen molar-refractivity contribution in [2.75, 3.05) is 6.67 Å². The van der Waals surface area contributed by atoms with E-state index in [1.807, 2.05) is 24.3 Å². The first-order valence-corrected chi connectivity index (χ1v) is 5.13. The van der Waals surface area contributed by atoms with Crippen LogP contribution in [0.1, 0.15) is 30.4 Å². The van der Waals surface area contributed by atoms with Gasteiger partial charge in [-0.25, -0.2) is 0 Å². The molecule has 1 N–H and O–H groups in total. The van der Waals surface area contributed by atoms with Crippen LogP contribution in [0.3, 0.4) is 0 Å². The maximum Gasteiger partial charge on any atom is 0.0925 e. The Labute approximate surface area is 83.6 Å². The molecule has 2 heteroatoms. The monoisotopic (exact) mass is 194 g/mol. The largest absolute Gasteiger partial charge is 0.385 e. The Hall–Kier alpha value is -0.890. The average Bonchev–Trinajstić information content (AvgIpc) is 2.19. The summed E-state index contributed by atoms with van der Waals surface area (Å²) in [6, 6.07) is 7.83. The lowest BCUT2D eigenvalue weighted by Crippen LogP contribution is -2.31. The molecule has 0 spiro atoms. The highest BCUT2D eigenvalue weighted by atomic mass is 19.1. The number of halogens is 1. The third-order valence-corrected chi connectivity index (χ3v) is 3.06. The van der Waals surface area contributed by atoms with Crippen LogP contribution in [0.2, 0.25) is 0 Å². The van der Waals surface area contributed by atoms with Gasteiger partial charge in [-0.2, -0.15) is 0 Å². The molecule has 0 fully saturated rings. The summed E-state index contributed by atoms with van der Waals surface area (Å²) in [6.07, 6.45) is 2.87. The molecule has 0 saturated heterocycles. The number of fused-ring (bicyclic) bond motifs is 1. The smallest absolute Gasteiger partial charge is 0.0925 e. The van der Waals surface area contributed by atoms with E-state index in [0.29, 0.717) is 6.42 Å². The van der Waals surface area contributed by atoms with E-state index < -0.39 is 12.3 Å². The molecule has 1 aromatic rings. The van der Waals surface area contributed by atoms with Crippen molar-refractivity contribution >= 4 is 0 Å². The van der Waals surface area contributed by atoms with Gasteiger partial charge in [-0.3, -0.25) is 4.39 Å². The molecule has 0 amide bonds. The maximum absolute atomic E-state index is 12.4. The van der Waals surface area contributed by atoms with Crippen LogP contribution in [-0.2, 0) is 12.0 Å². The third kappa shape index (κ3) is 1.55. The average molecular weight is 194 g/mol. The van der Waals surface area contributed by atoms with Crippen molar-refractivity contribution in [3.63, 3.8) is 0 Å². The van der Waals surface area contributed by atoms with E-state index >= 15 is 0 Å². The third-order valence-electron chi connectivity index (χ3n) is 3.06. The second kappa shape index (κ2) is 3.70. The van der Waals surface area contributed by atoms with E-state index in [1.54, 1.807) is 0 Å². The molecule has 0 heterocycles. The van der Waals surface area contributed by atoms with Gasteiger partial charge in [0.1, 0.15) is 0 Å². The first-order valence-electron chi connectivity index (χ1n) is 5.13. The van der Waals surface area contributed by atoms with Crippen molar-refractivity contribution in [1.29, 1.82) is 0 Å². The summed E-state index contributed by atoms with van der Waals surface area (Å²) in [7, 11) is 0. The van der Waals surface area contributed by atoms with Crippen molar-refractivity contribution in [2.45, 2.75) is 31.3 Å². The molecular formula is C12H15FO. The number of benzene rings is 1. The van der Waals surface area contributed by atoms with Crippen LogP contribution in [0.5, 0.6) is 0 Å². The zero-order chi connectivity index (χ0) is 10.0. The van der Waals surface area contributed by atoms with Gasteiger partial charge in [-0.15, -0.1) is 0 Å². The summed E-state index contributed by atoms with van der Waals surface area (Å²) in [6.45, 7) is -0.454. The van der Waals surface area contributed by atoms with E-state index in [1.165, 1.54) is 5.56 Å². The summed E-state index contributed by atoms with van der Waals surface area (Å²) in [4.78, 5) is 0. The highest BCUT2D eigenvalue weighted by molar-refractivity contribution is 5.34. The Morgan fingerprint density at radius 2 is 2.14 bits per heavy atom. The van der Waals surface area contributed by atoms with E-state index in [9.17, 15) is 9.50 Å². The minimum absolute atomic E-state index is 0.226. The van der Waals surface area contributed by atoms with Crippen molar-refractivity contribution in [2.24, 2.45) is 0 Å². The SMILES string of the molecule is OC1(CCF)CCCc2ccccc21. The summed E-state index contributed by atoms with van der Waals surface area (Å²) in [5, 5.41) is 10.3.